The van der Waals surface area contributed by atoms with Crippen LogP contribution in [-0.2, 0) is 11.2 Å². The van der Waals surface area contributed by atoms with Crippen LogP contribution in [0.15, 0.2) is 24.3 Å². The van der Waals surface area contributed by atoms with Gasteiger partial charge in [0.25, 0.3) is 18.2 Å². The van der Waals surface area contributed by atoms with Gasteiger partial charge in [0, 0.05) is 32.0 Å². The number of likely N-dealkylation sites (tertiary alicyclic amines) is 1. The first-order valence-electron chi connectivity index (χ1n) is 7.87. The van der Waals surface area contributed by atoms with E-state index in [0.717, 1.165) is 0 Å². The average Bonchev–Trinajstić information content (AvgIpc) is 3.14. The first kappa shape index (κ1) is 18.4. The zero-order valence-electron chi connectivity index (χ0n) is 13.9. The van der Waals surface area contributed by atoms with Crippen molar-refractivity contribution < 1.29 is 23.5 Å². The number of benzene rings is 1. The number of aromatic nitrogens is 1. The molecule has 6 nitrogen and oxygen atoms in total. The molecule has 1 fully saturated rings. The number of primary amides is 1. The molecule has 3 N–H and O–H groups in total. The zero-order valence-corrected chi connectivity index (χ0v) is 14.7. The third-order valence-electron chi connectivity index (χ3n) is 4.36. The summed E-state index contributed by atoms with van der Waals surface area (Å²) in [6.45, 7) is 0.473. The second-order valence-electron chi connectivity index (χ2n) is 6.28. The number of rotatable bonds is 5. The van der Waals surface area contributed by atoms with Crippen LogP contribution in [0.2, 0.25) is 0 Å². The number of nitrogens with two attached hydrogens (primary N) is 1. The van der Waals surface area contributed by atoms with Crippen molar-refractivity contribution in [2.45, 2.75) is 24.9 Å². The topological polar surface area (TPSA) is 96.5 Å². The lowest BCUT2D eigenvalue weighted by molar-refractivity contribution is -0.142. The monoisotopic (exact) mass is 381 g/mol. The van der Waals surface area contributed by atoms with Crippen LogP contribution in [0.3, 0.4) is 0 Å². The predicted octanol–water partition coefficient (Wildman–Crippen LogP) is 1.98. The van der Waals surface area contributed by atoms with Gasteiger partial charge in [-0.05, 0) is 11.6 Å². The number of carbonyl (C=O) groups is 2. The van der Waals surface area contributed by atoms with E-state index in [1.807, 2.05) is 0 Å². The molecule has 26 heavy (non-hydrogen) atoms. The SMILES string of the molecule is CN1CC[C@@](O)(Cc2cccc(-c3nc(C(N)=O)c(C(F)F)s3)c2)C1=O. The van der Waals surface area contributed by atoms with E-state index in [2.05, 4.69) is 4.98 Å². The van der Waals surface area contributed by atoms with Crippen LogP contribution in [0, 0.1) is 0 Å². The molecule has 0 saturated carbocycles. The summed E-state index contributed by atoms with van der Waals surface area (Å²) in [5.74, 6) is -1.35. The summed E-state index contributed by atoms with van der Waals surface area (Å²) in [4.78, 5) is 28.4. The first-order valence-corrected chi connectivity index (χ1v) is 8.69. The second-order valence-corrected chi connectivity index (χ2v) is 7.31. The quantitative estimate of drug-likeness (QED) is 0.828. The number of carbonyl (C=O) groups excluding carboxylic acids is 2. The Labute approximate surface area is 152 Å². The number of amides is 2. The van der Waals surface area contributed by atoms with Gasteiger partial charge < -0.3 is 15.7 Å². The highest BCUT2D eigenvalue weighted by Gasteiger charge is 2.43. The molecule has 0 unspecified atom stereocenters. The summed E-state index contributed by atoms with van der Waals surface area (Å²) in [5, 5.41) is 10.8. The van der Waals surface area contributed by atoms with Crippen LogP contribution in [0.5, 0.6) is 0 Å². The predicted molar refractivity (Wildman–Crippen MR) is 91.9 cm³/mol. The highest BCUT2D eigenvalue weighted by molar-refractivity contribution is 7.15. The number of hydrogen-bond acceptors (Lipinski definition) is 5. The summed E-state index contributed by atoms with van der Waals surface area (Å²) in [5.41, 5.74) is 4.41. The number of hydrogen-bond donors (Lipinski definition) is 2. The van der Waals surface area contributed by atoms with E-state index in [4.69, 9.17) is 5.73 Å². The average molecular weight is 381 g/mol. The van der Waals surface area contributed by atoms with Crippen molar-refractivity contribution in [2.75, 3.05) is 13.6 Å². The lowest BCUT2D eigenvalue weighted by atomic mass is 9.92. The van der Waals surface area contributed by atoms with Gasteiger partial charge in [0.05, 0.1) is 0 Å². The fourth-order valence-electron chi connectivity index (χ4n) is 3.01. The molecule has 1 saturated heterocycles. The third-order valence-corrected chi connectivity index (χ3v) is 5.47. The molecule has 2 heterocycles. The molecular formula is C17H17F2N3O3S. The van der Waals surface area contributed by atoms with Crippen LogP contribution in [0.4, 0.5) is 8.78 Å². The Morgan fingerprint density at radius 2 is 2.23 bits per heavy atom. The van der Waals surface area contributed by atoms with Gasteiger partial charge in [-0.1, -0.05) is 18.2 Å². The van der Waals surface area contributed by atoms with E-state index in [-0.39, 0.29) is 17.3 Å². The van der Waals surface area contributed by atoms with Crippen molar-refractivity contribution in [3.63, 3.8) is 0 Å². The number of aliphatic hydroxyl groups is 1. The van der Waals surface area contributed by atoms with Gasteiger partial charge in [-0.2, -0.15) is 0 Å². The summed E-state index contributed by atoms with van der Waals surface area (Å²) >= 11 is 0.701. The Kier molecular flexibility index (Phi) is 4.76. The van der Waals surface area contributed by atoms with Gasteiger partial charge in [-0.25, -0.2) is 13.8 Å². The zero-order chi connectivity index (χ0) is 19.1. The molecular weight excluding hydrogens is 364 g/mol. The minimum absolute atomic E-state index is 0.111. The largest absolute Gasteiger partial charge is 0.380 e. The molecule has 0 aliphatic carbocycles. The number of halogens is 2. The lowest BCUT2D eigenvalue weighted by Gasteiger charge is -2.20. The summed E-state index contributed by atoms with van der Waals surface area (Å²) in [6, 6.07) is 6.76. The fraction of sp³-hybridized carbons (Fsp3) is 0.353. The number of alkyl halides is 2. The van der Waals surface area contributed by atoms with Crippen molar-refractivity contribution >= 4 is 23.2 Å². The molecule has 9 heteroatoms. The van der Waals surface area contributed by atoms with E-state index in [1.54, 1.807) is 31.3 Å². The maximum Gasteiger partial charge on any atom is 0.275 e. The Morgan fingerprint density at radius 1 is 1.50 bits per heavy atom. The molecule has 1 aliphatic heterocycles. The highest BCUT2D eigenvalue weighted by Crippen LogP contribution is 2.35. The number of thiazole rings is 1. The molecule has 1 aromatic carbocycles. The Hall–Kier alpha value is -2.39. The minimum Gasteiger partial charge on any atom is -0.380 e. The van der Waals surface area contributed by atoms with E-state index in [0.29, 0.717) is 35.4 Å². The van der Waals surface area contributed by atoms with E-state index in [1.165, 1.54) is 4.90 Å². The first-order chi connectivity index (χ1) is 12.2. The third kappa shape index (κ3) is 3.32. The maximum absolute atomic E-state index is 13.1. The van der Waals surface area contributed by atoms with E-state index >= 15 is 0 Å². The van der Waals surface area contributed by atoms with Gasteiger partial charge in [0.15, 0.2) is 0 Å². The van der Waals surface area contributed by atoms with Crippen LogP contribution >= 0.6 is 11.3 Å². The van der Waals surface area contributed by atoms with Crippen molar-refractivity contribution in [3.05, 3.63) is 40.4 Å². The van der Waals surface area contributed by atoms with Crippen molar-refractivity contribution in [2.24, 2.45) is 5.73 Å². The van der Waals surface area contributed by atoms with Crippen molar-refractivity contribution in [1.82, 2.24) is 9.88 Å². The van der Waals surface area contributed by atoms with Crippen LogP contribution < -0.4 is 5.73 Å². The van der Waals surface area contributed by atoms with Gasteiger partial charge >= 0.3 is 0 Å². The standard InChI is InChI=1S/C17H17F2N3O3S/c1-22-6-5-17(25,16(22)24)8-9-3-2-4-10(7-9)15-21-11(14(20)23)12(26-15)13(18)19/h2-4,7,13,25H,5-6,8H2,1H3,(H2,20,23)/t17-/m1/s1. The second kappa shape index (κ2) is 6.73. The normalized spacial score (nSPS) is 20.2. The van der Waals surface area contributed by atoms with Gasteiger partial charge in [-0.15, -0.1) is 11.3 Å². The van der Waals surface area contributed by atoms with Gasteiger partial charge in [0.1, 0.15) is 21.2 Å². The molecule has 138 valence electrons. The van der Waals surface area contributed by atoms with Crippen LogP contribution in [-0.4, -0.2) is 46.0 Å². The molecule has 0 radical (unpaired) electrons. The summed E-state index contributed by atoms with van der Waals surface area (Å²) in [7, 11) is 1.63. The molecule has 2 amide bonds. The van der Waals surface area contributed by atoms with Gasteiger partial charge in [-0.3, -0.25) is 9.59 Å². The fourth-order valence-corrected chi connectivity index (χ4v) is 3.93. The maximum atomic E-state index is 13.1. The van der Waals surface area contributed by atoms with E-state index < -0.39 is 28.5 Å². The lowest BCUT2D eigenvalue weighted by Crippen LogP contribution is -2.40. The highest BCUT2D eigenvalue weighted by atomic mass is 32.1. The van der Waals surface area contributed by atoms with Crippen molar-refractivity contribution in [3.8, 4) is 10.6 Å². The van der Waals surface area contributed by atoms with Crippen LogP contribution in [0.1, 0.15) is 33.8 Å². The Bertz CT molecular complexity index is 871. The van der Waals surface area contributed by atoms with Crippen molar-refractivity contribution in [1.29, 1.82) is 0 Å². The number of nitrogens with zero attached hydrogens (tertiary/aromatic N) is 2. The molecule has 2 aromatic rings. The summed E-state index contributed by atoms with van der Waals surface area (Å²) in [6.07, 6.45) is -2.41. The molecule has 1 atom stereocenters. The van der Waals surface area contributed by atoms with E-state index in [9.17, 15) is 23.5 Å². The Morgan fingerprint density at radius 3 is 2.77 bits per heavy atom. The van der Waals surface area contributed by atoms with Gasteiger partial charge in [0.2, 0.25) is 0 Å². The number of likely N-dealkylation sites (N-methyl/N-ethyl adjacent to an activating group) is 1. The molecule has 0 bridgehead atoms. The molecule has 3 rings (SSSR count). The minimum atomic E-state index is -2.85. The smallest absolute Gasteiger partial charge is 0.275 e. The molecule has 1 aromatic heterocycles. The molecule has 1 aliphatic rings. The Balaban J connectivity index is 1.92. The van der Waals surface area contributed by atoms with Crippen LogP contribution in [0.25, 0.3) is 10.6 Å². The molecule has 0 spiro atoms. The summed E-state index contributed by atoms with van der Waals surface area (Å²) < 4.78 is 26.2.